The molecule has 2 N–H and O–H groups in total. The summed E-state index contributed by atoms with van der Waals surface area (Å²) in [5.41, 5.74) is 1.07. The second-order valence-corrected chi connectivity index (χ2v) is 5.70. The highest BCUT2D eigenvalue weighted by Gasteiger charge is 2.10. The average molecular weight is 485 g/mol. The van der Waals surface area contributed by atoms with Crippen LogP contribution in [0.4, 0.5) is 0 Å². The van der Waals surface area contributed by atoms with Crippen LogP contribution in [0.25, 0.3) is 0 Å². The lowest BCUT2D eigenvalue weighted by molar-refractivity contribution is 0.213. The van der Waals surface area contributed by atoms with Crippen LogP contribution in [-0.2, 0) is 6.54 Å². The Morgan fingerprint density at radius 3 is 2.15 bits per heavy atom. The molecule has 0 aliphatic carbocycles. The summed E-state index contributed by atoms with van der Waals surface area (Å²) in [5.74, 6) is 2.99. The van der Waals surface area contributed by atoms with Crippen molar-refractivity contribution in [3.63, 3.8) is 0 Å². The van der Waals surface area contributed by atoms with Gasteiger partial charge in [0.2, 0.25) is 0 Å². The van der Waals surface area contributed by atoms with E-state index in [-0.39, 0.29) is 30.1 Å². The largest absolute Gasteiger partial charge is 0.496 e. The van der Waals surface area contributed by atoms with Crippen molar-refractivity contribution in [2.24, 2.45) is 4.99 Å². The maximum atomic E-state index is 5.94. The molecule has 7 heteroatoms. The molecule has 0 aliphatic heterocycles. The fourth-order valence-electron chi connectivity index (χ4n) is 2.46. The molecule has 2 aromatic carbocycles. The van der Waals surface area contributed by atoms with Gasteiger partial charge in [-0.1, -0.05) is 30.3 Å². The van der Waals surface area contributed by atoms with Crippen molar-refractivity contribution in [2.75, 3.05) is 27.8 Å². The number of halogens is 1. The topological polar surface area (TPSA) is 64.1 Å². The van der Waals surface area contributed by atoms with Crippen molar-refractivity contribution >= 4 is 29.9 Å². The second kappa shape index (κ2) is 12.3. The summed E-state index contributed by atoms with van der Waals surface area (Å²) < 4.78 is 16.6. The standard InChI is InChI=1S/C20H27N3O3.HI/c1-15(26-19-12-8-7-11-18(19)25-4)13-22-20(21-2)23-14-16-9-5-6-10-17(16)24-3;/h5-12,15H,13-14H2,1-4H3,(H2,21,22,23);1H. The highest BCUT2D eigenvalue weighted by atomic mass is 127. The lowest BCUT2D eigenvalue weighted by Gasteiger charge is -2.19. The minimum atomic E-state index is -0.0592. The van der Waals surface area contributed by atoms with Gasteiger partial charge in [-0.25, -0.2) is 0 Å². The summed E-state index contributed by atoms with van der Waals surface area (Å²) in [6.45, 7) is 3.21. The number of nitrogens with zero attached hydrogens (tertiary/aromatic N) is 1. The van der Waals surface area contributed by atoms with E-state index in [2.05, 4.69) is 15.6 Å². The number of methoxy groups -OCH3 is 2. The molecular formula is C20H28IN3O3. The Kier molecular flexibility index (Phi) is 10.4. The second-order valence-electron chi connectivity index (χ2n) is 5.70. The van der Waals surface area contributed by atoms with Gasteiger partial charge < -0.3 is 24.8 Å². The first-order valence-electron chi connectivity index (χ1n) is 8.54. The Morgan fingerprint density at radius 2 is 1.52 bits per heavy atom. The molecule has 0 saturated carbocycles. The predicted octanol–water partition coefficient (Wildman–Crippen LogP) is 3.45. The summed E-state index contributed by atoms with van der Waals surface area (Å²) in [6, 6.07) is 15.5. The summed E-state index contributed by atoms with van der Waals surface area (Å²) in [4.78, 5) is 4.24. The number of nitrogens with one attached hydrogen (secondary N) is 2. The van der Waals surface area contributed by atoms with Gasteiger partial charge in [-0.2, -0.15) is 0 Å². The Labute approximate surface area is 178 Å². The van der Waals surface area contributed by atoms with Gasteiger partial charge in [0, 0.05) is 19.2 Å². The van der Waals surface area contributed by atoms with E-state index in [9.17, 15) is 0 Å². The SMILES string of the molecule is CN=C(NCc1ccccc1OC)NCC(C)Oc1ccccc1OC.I. The first-order chi connectivity index (χ1) is 12.7. The lowest BCUT2D eigenvalue weighted by Crippen LogP contribution is -2.41. The summed E-state index contributed by atoms with van der Waals surface area (Å²) >= 11 is 0. The first-order valence-corrected chi connectivity index (χ1v) is 8.54. The van der Waals surface area contributed by atoms with Crippen LogP contribution in [0, 0.1) is 0 Å². The number of guanidine groups is 1. The summed E-state index contributed by atoms with van der Waals surface area (Å²) in [5, 5.41) is 6.55. The van der Waals surface area contributed by atoms with Crippen LogP contribution in [-0.4, -0.2) is 39.9 Å². The molecule has 0 saturated heterocycles. The third-order valence-electron chi connectivity index (χ3n) is 3.82. The molecule has 6 nitrogen and oxygen atoms in total. The van der Waals surface area contributed by atoms with Crippen LogP contribution in [0.1, 0.15) is 12.5 Å². The molecule has 0 radical (unpaired) electrons. The summed E-state index contributed by atoms with van der Waals surface area (Å²) in [7, 11) is 5.04. The predicted molar refractivity (Wildman–Crippen MR) is 120 cm³/mol. The summed E-state index contributed by atoms with van der Waals surface area (Å²) in [6.07, 6.45) is -0.0592. The number of ether oxygens (including phenoxy) is 3. The molecule has 0 amide bonds. The van der Waals surface area contributed by atoms with E-state index in [1.807, 2.05) is 55.5 Å². The molecule has 148 valence electrons. The number of aliphatic imine (C=N–C) groups is 1. The number of para-hydroxylation sites is 3. The van der Waals surface area contributed by atoms with Crippen LogP contribution in [0.3, 0.4) is 0 Å². The van der Waals surface area contributed by atoms with Crippen molar-refractivity contribution in [1.82, 2.24) is 10.6 Å². The molecular weight excluding hydrogens is 457 g/mol. The molecule has 0 aliphatic rings. The van der Waals surface area contributed by atoms with Crippen molar-refractivity contribution in [3.8, 4) is 17.2 Å². The molecule has 2 rings (SSSR count). The minimum Gasteiger partial charge on any atom is -0.496 e. The molecule has 27 heavy (non-hydrogen) atoms. The fraction of sp³-hybridized carbons (Fsp3) is 0.350. The van der Waals surface area contributed by atoms with Gasteiger partial charge in [-0.3, -0.25) is 4.99 Å². The zero-order valence-electron chi connectivity index (χ0n) is 16.2. The molecule has 0 heterocycles. The maximum Gasteiger partial charge on any atom is 0.191 e. The maximum absolute atomic E-state index is 5.94. The Balaban J connectivity index is 0.00000364. The van der Waals surface area contributed by atoms with Gasteiger partial charge in [0.05, 0.1) is 20.8 Å². The first kappa shape index (κ1) is 22.9. The third-order valence-corrected chi connectivity index (χ3v) is 3.82. The Morgan fingerprint density at radius 1 is 0.926 bits per heavy atom. The molecule has 2 aromatic rings. The van der Waals surface area contributed by atoms with Crippen molar-refractivity contribution in [2.45, 2.75) is 19.6 Å². The van der Waals surface area contributed by atoms with E-state index < -0.39 is 0 Å². The van der Waals surface area contributed by atoms with Gasteiger partial charge in [-0.15, -0.1) is 24.0 Å². The van der Waals surface area contributed by atoms with Crippen LogP contribution in [0.5, 0.6) is 17.2 Å². The van der Waals surface area contributed by atoms with Gasteiger partial charge in [-0.05, 0) is 25.1 Å². The third kappa shape index (κ3) is 7.16. The van der Waals surface area contributed by atoms with Gasteiger partial charge >= 0.3 is 0 Å². The van der Waals surface area contributed by atoms with Crippen molar-refractivity contribution < 1.29 is 14.2 Å². The number of hydrogen-bond acceptors (Lipinski definition) is 4. The number of benzene rings is 2. The Bertz CT molecular complexity index is 725. The Hall–Kier alpha value is -2.16. The van der Waals surface area contributed by atoms with Crippen molar-refractivity contribution in [1.29, 1.82) is 0 Å². The minimum absolute atomic E-state index is 0. The molecule has 1 unspecified atom stereocenters. The molecule has 0 aromatic heterocycles. The quantitative estimate of drug-likeness (QED) is 0.341. The van der Waals surface area contributed by atoms with E-state index in [0.717, 1.165) is 22.8 Å². The number of rotatable bonds is 8. The van der Waals surface area contributed by atoms with Crippen LogP contribution < -0.4 is 24.8 Å². The van der Waals surface area contributed by atoms with Gasteiger partial charge in [0.15, 0.2) is 17.5 Å². The van der Waals surface area contributed by atoms with Crippen LogP contribution >= 0.6 is 24.0 Å². The lowest BCUT2D eigenvalue weighted by atomic mass is 10.2. The van der Waals surface area contributed by atoms with E-state index in [4.69, 9.17) is 14.2 Å². The normalized spacial score (nSPS) is 11.8. The van der Waals surface area contributed by atoms with Crippen LogP contribution in [0.15, 0.2) is 53.5 Å². The van der Waals surface area contributed by atoms with E-state index in [1.165, 1.54) is 0 Å². The van der Waals surface area contributed by atoms with Gasteiger partial charge in [0.1, 0.15) is 11.9 Å². The monoisotopic (exact) mass is 485 g/mol. The van der Waals surface area contributed by atoms with Crippen LogP contribution in [0.2, 0.25) is 0 Å². The van der Waals surface area contributed by atoms with Gasteiger partial charge in [0.25, 0.3) is 0 Å². The smallest absolute Gasteiger partial charge is 0.191 e. The zero-order valence-corrected chi connectivity index (χ0v) is 18.5. The van der Waals surface area contributed by atoms with Crippen molar-refractivity contribution in [3.05, 3.63) is 54.1 Å². The average Bonchev–Trinajstić information content (AvgIpc) is 2.68. The molecule has 0 bridgehead atoms. The molecule has 1 atom stereocenters. The van der Waals surface area contributed by atoms with E-state index >= 15 is 0 Å². The highest BCUT2D eigenvalue weighted by molar-refractivity contribution is 14.0. The zero-order chi connectivity index (χ0) is 18.8. The molecule has 0 fully saturated rings. The number of hydrogen-bond donors (Lipinski definition) is 2. The van der Waals surface area contributed by atoms with E-state index in [1.54, 1.807) is 21.3 Å². The molecule has 0 spiro atoms. The fourth-order valence-corrected chi connectivity index (χ4v) is 2.46. The van der Waals surface area contributed by atoms with E-state index in [0.29, 0.717) is 19.0 Å². The highest BCUT2D eigenvalue weighted by Crippen LogP contribution is 2.26.